The van der Waals surface area contributed by atoms with Crippen LogP contribution >= 0.6 is 11.3 Å². The summed E-state index contributed by atoms with van der Waals surface area (Å²) >= 11 is 1.78. The molecular formula is C15H25N3S. The number of nitrogens with zero attached hydrogens (tertiary/aromatic N) is 1. The molecule has 0 aromatic carbocycles. The van der Waals surface area contributed by atoms with Crippen LogP contribution in [0, 0.1) is 17.8 Å². The molecule has 3 nitrogen and oxygen atoms in total. The third-order valence-corrected chi connectivity index (χ3v) is 5.65. The third kappa shape index (κ3) is 2.86. The van der Waals surface area contributed by atoms with Gasteiger partial charge in [0, 0.05) is 23.3 Å². The lowest BCUT2D eigenvalue weighted by molar-refractivity contribution is 0.335. The molecule has 0 saturated heterocycles. The highest BCUT2D eigenvalue weighted by molar-refractivity contribution is 7.09. The van der Waals surface area contributed by atoms with Gasteiger partial charge in [-0.2, -0.15) is 0 Å². The number of nitrogens with one attached hydrogen (secondary N) is 1. The molecule has 3 unspecified atom stereocenters. The van der Waals surface area contributed by atoms with Gasteiger partial charge >= 0.3 is 0 Å². The Kier molecular flexibility index (Phi) is 3.44. The predicted molar refractivity (Wildman–Crippen MR) is 80.0 cm³/mol. The summed E-state index contributed by atoms with van der Waals surface area (Å²) in [7, 11) is 0. The van der Waals surface area contributed by atoms with Gasteiger partial charge in [0.2, 0.25) is 0 Å². The Morgan fingerprint density at radius 2 is 2.05 bits per heavy atom. The van der Waals surface area contributed by atoms with Crippen LogP contribution in [0.5, 0.6) is 0 Å². The summed E-state index contributed by atoms with van der Waals surface area (Å²) in [5.74, 6) is 8.57. The van der Waals surface area contributed by atoms with Gasteiger partial charge in [0.25, 0.3) is 0 Å². The molecule has 3 atom stereocenters. The van der Waals surface area contributed by atoms with Crippen LogP contribution in [0.25, 0.3) is 0 Å². The Hall–Kier alpha value is -0.450. The first-order chi connectivity index (χ1) is 8.97. The number of fused-ring (bicyclic) bond motifs is 1. The molecule has 0 radical (unpaired) electrons. The SMILES string of the molecule is CC(C)(C)c1csc(CC(NN)C2CC3CC3C2)n1. The average Bonchev–Trinajstić information content (AvgIpc) is 2.80. The second-order valence-electron chi connectivity index (χ2n) is 7.34. The molecule has 1 aromatic rings. The van der Waals surface area contributed by atoms with Crippen LogP contribution in [0.4, 0.5) is 0 Å². The minimum atomic E-state index is 0.148. The minimum Gasteiger partial charge on any atom is -0.271 e. The van der Waals surface area contributed by atoms with E-state index < -0.39 is 0 Å². The number of thiazole rings is 1. The second kappa shape index (κ2) is 4.83. The molecule has 106 valence electrons. The van der Waals surface area contributed by atoms with Crippen molar-refractivity contribution in [1.82, 2.24) is 10.4 Å². The van der Waals surface area contributed by atoms with E-state index in [1.54, 1.807) is 11.3 Å². The Morgan fingerprint density at radius 3 is 2.58 bits per heavy atom. The Bertz CT molecular complexity index is 438. The van der Waals surface area contributed by atoms with E-state index in [9.17, 15) is 0 Å². The lowest BCUT2D eigenvalue weighted by Crippen LogP contribution is -2.42. The highest BCUT2D eigenvalue weighted by atomic mass is 32.1. The maximum Gasteiger partial charge on any atom is 0.0944 e. The summed E-state index contributed by atoms with van der Waals surface area (Å²) in [4.78, 5) is 4.79. The summed E-state index contributed by atoms with van der Waals surface area (Å²) in [5, 5.41) is 3.43. The van der Waals surface area contributed by atoms with E-state index in [2.05, 4.69) is 31.6 Å². The summed E-state index contributed by atoms with van der Waals surface area (Å²) in [6, 6.07) is 0.409. The molecule has 0 amide bonds. The average molecular weight is 279 g/mol. The number of hydrogen-bond acceptors (Lipinski definition) is 4. The van der Waals surface area contributed by atoms with E-state index in [1.165, 1.54) is 30.0 Å². The van der Waals surface area contributed by atoms with Crippen molar-refractivity contribution in [2.45, 2.75) is 57.9 Å². The highest BCUT2D eigenvalue weighted by Gasteiger charge is 2.47. The van der Waals surface area contributed by atoms with Crippen LogP contribution in [0.3, 0.4) is 0 Å². The van der Waals surface area contributed by atoms with Crippen molar-refractivity contribution in [2.24, 2.45) is 23.6 Å². The highest BCUT2D eigenvalue weighted by Crippen LogP contribution is 2.55. The van der Waals surface area contributed by atoms with Crippen molar-refractivity contribution in [2.75, 3.05) is 0 Å². The Balaban J connectivity index is 1.64. The molecule has 0 bridgehead atoms. The van der Waals surface area contributed by atoms with Gasteiger partial charge < -0.3 is 0 Å². The fourth-order valence-electron chi connectivity index (χ4n) is 3.39. The van der Waals surface area contributed by atoms with Crippen molar-refractivity contribution in [3.63, 3.8) is 0 Å². The molecule has 3 N–H and O–H groups in total. The van der Waals surface area contributed by atoms with E-state index in [-0.39, 0.29) is 5.41 Å². The summed E-state index contributed by atoms with van der Waals surface area (Å²) in [5.41, 5.74) is 4.40. The first-order valence-electron chi connectivity index (χ1n) is 7.38. The molecule has 2 saturated carbocycles. The van der Waals surface area contributed by atoms with E-state index in [0.29, 0.717) is 6.04 Å². The van der Waals surface area contributed by atoms with Crippen molar-refractivity contribution in [1.29, 1.82) is 0 Å². The maximum atomic E-state index is 5.78. The first kappa shape index (κ1) is 13.5. The maximum absolute atomic E-state index is 5.78. The van der Waals surface area contributed by atoms with E-state index in [0.717, 1.165) is 24.2 Å². The summed E-state index contributed by atoms with van der Waals surface area (Å²) in [6.45, 7) is 6.65. The van der Waals surface area contributed by atoms with Crippen LogP contribution in [-0.2, 0) is 11.8 Å². The van der Waals surface area contributed by atoms with Crippen LogP contribution in [0.15, 0.2) is 5.38 Å². The van der Waals surface area contributed by atoms with Crippen LogP contribution < -0.4 is 11.3 Å². The molecule has 2 aliphatic carbocycles. The molecular weight excluding hydrogens is 254 g/mol. The second-order valence-corrected chi connectivity index (χ2v) is 8.28. The summed E-state index contributed by atoms with van der Waals surface area (Å²) in [6.07, 6.45) is 5.20. The minimum absolute atomic E-state index is 0.148. The molecule has 4 heteroatoms. The number of hydrogen-bond donors (Lipinski definition) is 2. The zero-order chi connectivity index (χ0) is 13.6. The first-order valence-corrected chi connectivity index (χ1v) is 8.26. The topological polar surface area (TPSA) is 50.9 Å². The van der Waals surface area contributed by atoms with Gasteiger partial charge in [-0.3, -0.25) is 11.3 Å². The van der Waals surface area contributed by atoms with Gasteiger partial charge in [-0.1, -0.05) is 20.8 Å². The van der Waals surface area contributed by atoms with Gasteiger partial charge in [0.15, 0.2) is 0 Å². The van der Waals surface area contributed by atoms with Crippen LogP contribution in [0.1, 0.15) is 50.7 Å². The quantitative estimate of drug-likeness (QED) is 0.658. The van der Waals surface area contributed by atoms with Crippen molar-refractivity contribution in [3.05, 3.63) is 16.1 Å². The molecule has 1 aromatic heterocycles. The van der Waals surface area contributed by atoms with Crippen molar-refractivity contribution in [3.8, 4) is 0 Å². The van der Waals surface area contributed by atoms with Gasteiger partial charge in [0.1, 0.15) is 0 Å². The van der Waals surface area contributed by atoms with Gasteiger partial charge in [-0.25, -0.2) is 4.98 Å². The molecule has 0 spiro atoms. The largest absolute Gasteiger partial charge is 0.271 e. The molecule has 19 heavy (non-hydrogen) atoms. The normalized spacial score (nSPS) is 31.3. The van der Waals surface area contributed by atoms with Crippen LogP contribution in [-0.4, -0.2) is 11.0 Å². The molecule has 1 heterocycles. The van der Waals surface area contributed by atoms with Crippen molar-refractivity contribution >= 4 is 11.3 Å². The Morgan fingerprint density at radius 1 is 1.37 bits per heavy atom. The Labute approximate surface area is 120 Å². The number of hydrazine groups is 1. The molecule has 2 fully saturated rings. The van der Waals surface area contributed by atoms with E-state index in [4.69, 9.17) is 10.8 Å². The number of aromatic nitrogens is 1. The molecule has 0 aliphatic heterocycles. The van der Waals surface area contributed by atoms with Crippen LogP contribution in [0.2, 0.25) is 0 Å². The third-order valence-electron chi connectivity index (χ3n) is 4.78. The lowest BCUT2D eigenvalue weighted by Gasteiger charge is -2.23. The zero-order valence-electron chi connectivity index (χ0n) is 12.1. The van der Waals surface area contributed by atoms with Gasteiger partial charge in [-0.05, 0) is 37.0 Å². The molecule has 3 rings (SSSR count). The van der Waals surface area contributed by atoms with E-state index >= 15 is 0 Å². The van der Waals surface area contributed by atoms with E-state index in [1.807, 2.05) is 0 Å². The van der Waals surface area contributed by atoms with Gasteiger partial charge in [-0.15, -0.1) is 11.3 Å². The zero-order valence-corrected chi connectivity index (χ0v) is 13.0. The number of nitrogens with two attached hydrogens (primary N) is 1. The predicted octanol–water partition coefficient (Wildman–Crippen LogP) is 2.86. The lowest BCUT2D eigenvalue weighted by atomic mass is 9.92. The fourth-order valence-corrected chi connectivity index (χ4v) is 4.47. The summed E-state index contributed by atoms with van der Waals surface area (Å²) < 4.78 is 0. The van der Waals surface area contributed by atoms with Gasteiger partial charge in [0.05, 0.1) is 10.7 Å². The standard InChI is InChI=1S/C15H25N3S/c1-15(2,3)13-8-19-14(17-13)7-12(18-16)11-5-9-4-10(9)6-11/h8-12,18H,4-7,16H2,1-3H3. The smallest absolute Gasteiger partial charge is 0.0944 e. The number of rotatable bonds is 4. The molecule has 2 aliphatic rings. The fraction of sp³-hybridized carbons (Fsp3) is 0.800. The van der Waals surface area contributed by atoms with Crippen molar-refractivity contribution < 1.29 is 0 Å². The monoisotopic (exact) mass is 279 g/mol.